The smallest absolute Gasteiger partial charge is 0.221 e. The van der Waals surface area contributed by atoms with Crippen molar-refractivity contribution in [2.45, 2.75) is 32.4 Å². The highest BCUT2D eigenvalue weighted by Gasteiger charge is 2.36. The lowest BCUT2D eigenvalue weighted by Crippen LogP contribution is -2.42. The molecule has 1 amide bonds. The summed E-state index contributed by atoms with van der Waals surface area (Å²) >= 11 is 0. The summed E-state index contributed by atoms with van der Waals surface area (Å²) < 4.78 is 48.2. The maximum Gasteiger partial charge on any atom is 0.221 e. The number of nitrogens with zero attached hydrogens (tertiary/aromatic N) is 1. The first kappa shape index (κ1) is 19.9. The third-order valence-corrected chi connectivity index (χ3v) is 7.29. The molecule has 9 heteroatoms. The van der Waals surface area contributed by atoms with Gasteiger partial charge < -0.3 is 5.32 Å². The molecule has 2 rings (SSSR count). The largest absolute Gasteiger partial charge is 0.352 e. The first-order valence-corrected chi connectivity index (χ1v) is 11.7. The van der Waals surface area contributed by atoms with Gasteiger partial charge in [0.25, 0.3) is 0 Å². The van der Waals surface area contributed by atoms with E-state index in [0.717, 1.165) is 21.7 Å². The van der Waals surface area contributed by atoms with Gasteiger partial charge in [0, 0.05) is 25.6 Å². The van der Waals surface area contributed by atoms with E-state index in [0.29, 0.717) is 6.54 Å². The third-order valence-electron chi connectivity index (χ3n) is 4.21. The lowest BCUT2D eigenvalue weighted by Gasteiger charge is -2.25. The Kier molecular flexibility index (Phi) is 6.23. The fourth-order valence-electron chi connectivity index (χ4n) is 2.83. The van der Waals surface area contributed by atoms with Crippen LogP contribution in [0.1, 0.15) is 24.0 Å². The van der Waals surface area contributed by atoms with Gasteiger partial charge in [-0.3, -0.25) is 4.79 Å². The maximum atomic E-state index is 12.0. The van der Waals surface area contributed by atoms with Crippen molar-refractivity contribution in [3.8, 4) is 0 Å². The van der Waals surface area contributed by atoms with Gasteiger partial charge in [0.1, 0.15) is 0 Å². The molecule has 0 saturated carbocycles. The highest BCUT2D eigenvalue weighted by molar-refractivity contribution is 7.92. The number of benzene rings is 1. The van der Waals surface area contributed by atoms with Crippen molar-refractivity contribution in [3.05, 3.63) is 35.4 Å². The fourth-order valence-corrected chi connectivity index (χ4v) is 5.80. The van der Waals surface area contributed by atoms with Crippen molar-refractivity contribution >= 4 is 25.8 Å². The van der Waals surface area contributed by atoms with Crippen LogP contribution >= 0.6 is 0 Å². The van der Waals surface area contributed by atoms with E-state index in [1.54, 1.807) is 0 Å². The van der Waals surface area contributed by atoms with Crippen molar-refractivity contribution in [2.24, 2.45) is 0 Å². The first-order chi connectivity index (χ1) is 11.6. The van der Waals surface area contributed by atoms with Gasteiger partial charge in [-0.2, -0.15) is 4.31 Å². The molecule has 25 heavy (non-hydrogen) atoms. The molecule has 0 aromatic heterocycles. The molecular formula is C16H24N2O5S2. The zero-order valence-corrected chi connectivity index (χ0v) is 16.1. The number of hydrogen-bond acceptors (Lipinski definition) is 5. The summed E-state index contributed by atoms with van der Waals surface area (Å²) in [5, 5.41) is 2.75. The van der Waals surface area contributed by atoms with Crippen LogP contribution in [0.2, 0.25) is 0 Å². The Balaban J connectivity index is 1.89. The lowest BCUT2D eigenvalue weighted by atomic mass is 10.1. The normalized spacial score (nSPS) is 19.9. The molecule has 1 aromatic rings. The van der Waals surface area contributed by atoms with E-state index in [1.807, 2.05) is 31.2 Å². The van der Waals surface area contributed by atoms with Gasteiger partial charge in [0.05, 0.1) is 17.8 Å². The Morgan fingerprint density at radius 2 is 1.92 bits per heavy atom. The van der Waals surface area contributed by atoms with Crippen molar-refractivity contribution in [2.75, 3.05) is 24.3 Å². The van der Waals surface area contributed by atoms with Crippen LogP contribution in [0, 0.1) is 6.92 Å². The molecule has 1 fully saturated rings. The van der Waals surface area contributed by atoms with Crippen LogP contribution in [0.5, 0.6) is 0 Å². The van der Waals surface area contributed by atoms with Gasteiger partial charge in [-0.25, -0.2) is 16.8 Å². The highest BCUT2D eigenvalue weighted by atomic mass is 32.2. The number of hydrogen-bond donors (Lipinski definition) is 1. The van der Waals surface area contributed by atoms with Crippen LogP contribution in [-0.4, -0.2) is 57.4 Å². The zero-order valence-electron chi connectivity index (χ0n) is 14.4. The average molecular weight is 389 g/mol. The van der Waals surface area contributed by atoms with Gasteiger partial charge in [0.15, 0.2) is 9.84 Å². The molecule has 0 aliphatic carbocycles. The monoisotopic (exact) mass is 388 g/mol. The molecule has 140 valence electrons. The van der Waals surface area contributed by atoms with E-state index in [1.165, 1.54) is 0 Å². The number of nitrogens with one attached hydrogen (secondary N) is 1. The molecular weight excluding hydrogens is 364 g/mol. The molecule has 7 nitrogen and oxygen atoms in total. The van der Waals surface area contributed by atoms with Gasteiger partial charge in [-0.1, -0.05) is 29.8 Å². The quantitative estimate of drug-likeness (QED) is 0.731. The minimum absolute atomic E-state index is 0.00449. The van der Waals surface area contributed by atoms with Crippen LogP contribution in [0.15, 0.2) is 24.3 Å². The summed E-state index contributed by atoms with van der Waals surface area (Å²) in [6.07, 6.45) is 1.32. The second-order valence-electron chi connectivity index (χ2n) is 6.44. The van der Waals surface area contributed by atoms with Crippen LogP contribution in [0.4, 0.5) is 0 Å². The summed E-state index contributed by atoms with van der Waals surface area (Å²) in [7, 11) is -6.77. The summed E-state index contributed by atoms with van der Waals surface area (Å²) in [4.78, 5) is 12.0. The number of carbonyl (C=O) groups is 1. The average Bonchev–Trinajstić information content (AvgIpc) is 2.85. The molecule has 1 heterocycles. The number of carbonyl (C=O) groups excluding carboxylic acids is 1. The molecule has 0 bridgehead atoms. The van der Waals surface area contributed by atoms with Crippen LogP contribution in [0.25, 0.3) is 0 Å². The number of amides is 1. The van der Waals surface area contributed by atoms with E-state index < -0.39 is 25.9 Å². The number of sulfone groups is 1. The van der Waals surface area contributed by atoms with Gasteiger partial charge in [0.2, 0.25) is 15.9 Å². The van der Waals surface area contributed by atoms with E-state index in [9.17, 15) is 21.6 Å². The highest BCUT2D eigenvalue weighted by Crippen LogP contribution is 2.20. The van der Waals surface area contributed by atoms with Gasteiger partial charge >= 0.3 is 0 Å². The molecule has 1 aromatic carbocycles. The Labute approximate surface area is 149 Å². The number of aryl methyl sites for hydroxylation is 1. The fraction of sp³-hybridized carbons (Fsp3) is 0.562. The second kappa shape index (κ2) is 7.84. The predicted molar refractivity (Wildman–Crippen MR) is 96.3 cm³/mol. The molecule has 1 saturated heterocycles. The van der Waals surface area contributed by atoms with Crippen LogP contribution in [-0.2, 0) is 31.2 Å². The lowest BCUT2D eigenvalue weighted by molar-refractivity contribution is -0.121. The first-order valence-electron chi connectivity index (χ1n) is 8.06. The van der Waals surface area contributed by atoms with Crippen molar-refractivity contribution in [3.63, 3.8) is 0 Å². The van der Waals surface area contributed by atoms with Crippen molar-refractivity contribution < 1.29 is 21.6 Å². The van der Waals surface area contributed by atoms with E-state index in [-0.39, 0.29) is 36.8 Å². The van der Waals surface area contributed by atoms with Crippen molar-refractivity contribution in [1.29, 1.82) is 0 Å². The van der Waals surface area contributed by atoms with E-state index in [2.05, 4.69) is 5.32 Å². The van der Waals surface area contributed by atoms with E-state index in [4.69, 9.17) is 0 Å². The SMILES string of the molecule is Cc1ccc(CNC(=O)CCN(C2CCS(=O)(=O)C2)S(C)(=O)=O)cc1. The molecule has 1 unspecified atom stereocenters. The van der Waals surface area contributed by atoms with Crippen molar-refractivity contribution in [1.82, 2.24) is 9.62 Å². The van der Waals surface area contributed by atoms with Gasteiger partial charge in [-0.05, 0) is 18.9 Å². The third kappa shape index (κ3) is 6.09. The molecule has 1 aliphatic rings. The second-order valence-corrected chi connectivity index (χ2v) is 10.6. The minimum atomic E-state index is -3.58. The molecule has 0 spiro atoms. The predicted octanol–water partition coefficient (Wildman–Crippen LogP) is 0.450. The standard InChI is InChI=1S/C16H24N2O5S2/c1-13-3-5-14(6-4-13)11-17-16(19)7-9-18(24(2,20)21)15-8-10-25(22,23)12-15/h3-6,15H,7-12H2,1-2H3,(H,17,19). The van der Waals surface area contributed by atoms with Crippen LogP contribution in [0.3, 0.4) is 0 Å². The Bertz CT molecular complexity index is 817. The van der Waals surface area contributed by atoms with Crippen LogP contribution < -0.4 is 5.32 Å². The topological polar surface area (TPSA) is 101 Å². The maximum absolute atomic E-state index is 12.0. The Hall–Kier alpha value is -1.45. The zero-order chi connectivity index (χ0) is 18.7. The summed E-state index contributed by atoms with van der Waals surface area (Å²) in [5.74, 6) is -0.455. The Morgan fingerprint density at radius 3 is 2.44 bits per heavy atom. The molecule has 1 aliphatic heterocycles. The number of rotatable bonds is 7. The summed E-state index contributed by atoms with van der Waals surface area (Å²) in [6, 6.07) is 7.16. The van der Waals surface area contributed by atoms with E-state index >= 15 is 0 Å². The Morgan fingerprint density at radius 1 is 1.28 bits per heavy atom. The molecule has 1 N–H and O–H groups in total. The number of sulfonamides is 1. The summed E-state index contributed by atoms with van der Waals surface area (Å²) in [5.41, 5.74) is 2.09. The van der Waals surface area contributed by atoms with Gasteiger partial charge in [-0.15, -0.1) is 0 Å². The minimum Gasteiger partial charge on any atom is -0.352 e. The molecule has 1 atom stereocenters. The molecule has 0 radical (unpaired) electrons. The summed E-state index contributed by atoms with van der Waals surface area (Å²) in [6.45, 7) is 2.33.